The Labute approximate surface area is 169 Å². The third-order valence-corrected chi connectivity index (χ3v) is 4.59. The smallest absolute Gasteiger partial charge is 0.332 e. The molecule has 162 valence electrons. The Morgan fingerprint density at radius 3 is 2.17 bits per heavy atom. The van der Waals surface area contributed by atoms with Gasteiger partial charge in [0.05, 0.1) is 11.3 Å². The quantitative estimate of drug-likeness (QED) is 0.495. The molecule has 0 saturated heterocycles. The first-order chi connectivity index (χ1) is 13.7. The van der Waals surface area contributed by atoms with Gasteiger partial charge >= 0.3 is 12.4 Å². The largest absolute Gasteiger partial charge is 0.417 e. The van der Waals surface area contributed by atoms with Crippen molar-refractivity contribution in [2.75, 3.05) is 0 Å². The van der Waals surface area contributed by atoms with Crippen LogP contribution in [-0.4, -0.2) is 15.7 Å². The Kier molecular flexibility index (Phi) is 5.39. The molecule has 0 bridgehead atoms. The minimum atomic E-state index is -4.66. The zero-order chi connectivity index (χ0) is 22.5. The van der Waals surface area contributed by atoms with E-state index in [4.69, 9.17) is 5.73 Å². The predicted octanol–water partition coefficient (Wildman–Crippen LogP) is 6.33. The number of hydrogen-bond acceptors (Lipinski definition) is 2. The van der Waals surface area contributed by atoms with E-state index < -0.39 is 24.0 Å². The number of alkyl halides is 6. The van der Waals surface area contributed by atoms with Crippen molar-refractivity contribution in [3.63, 3.8) is 0 Å². The zero-order valence-electron chi connectivity index (χ0n) is 16.6. The number of nitrogens with two attached hydrogens (primary N) is 1. The first kappa shape index (κ1) is 22.1. The number of aromatic nitrogens is 2. The van der Waals surface area contributed by atoms with Crippen molar-refractivity contribution in [2.24, 2.45) is 11.1 Å². The monoisotopic (exact) mass is 429 g/mol. The lowest BCUT2D eigenvalue weighted by Gasteiger charge is -2.20. The second-order valence-electron chi connectivity index (χ2n) is 8.40. The summed E-state index contributed by atoms with van der Waals surface area (Å²) in [5.74, 6) is 0. The van der Waals surface area contributed by atoms with Crippen LogP contribution in [-0.2, 0) is 12.7 Å². The van der Waals surface area contributed by atoms with Crippen LogP contribution in [0.2, 0.25) is 0 Å². The van der Waals surface area contributed by atoms with Crippen LogP contribution in [0, 0.1) is 5.41 Å². The van der Waals surface area contributed by atoms with E-state index in [9.17, 15) is 26.3 Å². The Morgan fingerprint density at radius 1 is 0.967 bits per heavy atom. The van der Waals surface area contributed by atoms with E-state index in [-0.39, 0.29) is 33.3 Å². The number of hydrogen-bond donors (Lipinski definition) is 1. The van der Waals surface area contributed by atoms with Crippen LogP contribution < -0.4 is 5.73 Å². The molecule has 1 aromatic carbocycles. The molecule has 0 aliphatic rings. The van der Waals surface area contributed by atoms with Crippen LogP contribution >= 0.6 is 0 Å². The van der Waals surface area contributed by atoms with E-state index in [2.05, 4.69) is 4.98 Å². The van der Waals surface area contributed by atoms with Gasteiger partial charge in [-0.1, -0.05) is 39.0 Å². The fourth-order valence-electron chi connectivity index (χ4n) is 3.35. The molecule has 2 N–H and O–H groups in total. The highest BCUT2D eigenvalue weighted by Gasteiger charge is 2.40. The second-order valence-corrected chi connectivity index (χ2v) is 8.40. The molecule has 0 amide bonds. The summed E-state index contributed by atoms with van der Waals surface area (Å²) in [6.07, 6.45) is -7.96. The third kappa shape index (κ3) is 4.45. The lowest BCUT2D eigenvalue weighted by atomic mass is 9.97. The normalized spacial score (nSPS) is 14.3. The lowest BCUT2D eigenvalue weighted by molar-refractivity contribution is -0.148. The SMILES string of the molecule is CC(C)(C)Cn1cc([C@H](N)C(F)(F)F)c2ccc(-c3ccccc3C(F)(F)F)nc21. The molecule has 9 heteroatoms. The number of rotatable bonds is 3. The van der Waals surface area contributed by atoms with Gasteiger partial charge in [-0.3, -0.25) is 0 Å². The number of benzene rings is 1. The summed E-state index contributed by atoms with van der Waals surface area (Å²) >= 11 is 0. The van der Waals surface area contributed by atoms with E-state index in [1.165, 1.54) is 41.1 Å². The molecule has 0 unspecified atom stereocenters. The molecule has 3 rings (SSSR count). The van der Waals surface area contributed by atoms with E-state index >= 15 is 0 Å². The van der Waals surface area contributed by atoms with Crippen molar-refractivity contribution in [1.82, 2.24) is 9.55 Å². The second kappa shape index (κ2) is 7.30. The van der Waals surface area contributed by atoms with Gasteiger partial charge in [-0.2, -0.15) is 26.3 Å². The molecule has 2 heterocycles. The van der Waals surface area contributed by atoms with Crippen molar-refractivity contribution >= 4 is 11.0 Å². The van der Waals surface area contributed by atoms with Crippen LogP contribution in [0.3, 0.4) is 0 Å². The van der Waals surface area contributed by atoms with Gasteiger partial charge in [0.15, 0.2) is 0 Å². The summed E-state index contributed by atoms with van der Waals surface area (Å²) < 4.78 is 81.5. The van der Waals surface area contributed by atoms with Crippen molar-refractivity contribution < 1.29 is 26.3 Å². The molecule has 0 aliphatic heterocycles. The van der Waals surface area contributed by atoms with Gasteiger partial charge in [-0.25, -0.2) is 4.98 Å². The van der Waals surface area contributed by atoms with Crippen LogP contribution in [0.1, 0.15) is 37.9 Å². The minimum absolute atomic E-state index is 0.0239. The maximum absolute atomic E-state index is 13.4. The van der Waals surface area contributed by atoms with E-state index in [1.54, 1.807) is 0 Å². The molecule has 3 nitrogen and oxygen atoms in total. The van der Waals surface area contributed by atoms with Gasteiger partial charge in [0, 0.05) is 29.3 Å². The Bertz CT molecular complexity index is 1060. The molecule has 0 spiro atoms. The summed E-state index contributed by atoms with van der Waals surface area (Å²) in [7, 11) is 0. The number of nitrogens with zero attached hydrogens (tertiary/aromatic N) is 2. The van der Waals surface area contributed by atoms with E-state index in [1.807, 2.05) is 20.8 Å². The molecule has 0 aliphatic carbocycles. The fraction of sp³-hybridized carbons (Fsp3) is 0.381. The fourth-order valence-corrected chi connectivity index (χ4v) is 3.35. The van der Waals surface area contributed by atoms with Crippen LogP contribution in [0.25, 0.3) is 22.3 Å². The Balaban J connectivity index is 2.25. The van der Waals surface area contributed by atoms with Gasteiger partial charge in [-0.15, -0.1) is 0 Å². The van der Waals surface area contributed by atoms with Crippen molar-refractivity contribution in [2.45, 2.75) is 45.7 Å². The summed E-state index contributed by atoms with van der Waals surface area (Å²) in [5.41, 5.74) is 4.14. The van der Waals surface area contributed by atoms with E-state index in [0.717, 1.165) is 6.07 Å². The maximum Gasteiger partial charge on any atom is 0.417 e. The van der Waals surface area contributed by atoms with Crippen LogP contribution in [0.4, 0.5) is 26.3 Å². The molecule has 1 atom stereocenters. The first-order valence-electron chi connectivity index (χ1n) is 9.17. The molecule has 0 saturated carbocycles. The molecule has 2 aromatic heterocycles. The average Bonchev–Trinajstić information content (AvgIpc) is 2.95. The highest BCUT2D eigenvalue weighted by atomic mass is 19.4. The molecule has 0 radical (unpaired) electrons. The van der Waals surface area contributed by atoms with Gasteiger partial charge in [0.2, 0.25) is 0 Å². The number of fused-ring (bicyclic) bond motifs is 1. The van der Waals surface area contributed by atoms with Gasteiger partial charge in [0.1, 0.15) is 11.7 Å². The average molecular weight is 429 g/mol. The maximum atomic E-state index is 13.4. The summed E-state index contributed by atoms with van der Waals surface area (Å²) in [5, 5.41) is 0.164. The highest BCUT2D eigenvalue weighted by molar-refractivity contribution is 5.84. The zero-order valence-corrected chi connectivity index (χ0v) is 16.6. The van der Waals surface area contributed by atoms with Crippen molar-refractivity contribution in [1.29, 1.82) is 0 Å². The highest BCUT2D eigenvalue weighted by Crippen LogP contribution is 2.39. The van der Waals surface area contributed by atoms with Crippen LogP contribution in [0.15, 0.2) is 42.6 Å². The van der Waals surface area contributed by atoms with Crippen LogP contribution in [0.5, 0.6) is 0 Å². The van der Waals surface area contributed by atoms with Gasteiger partial charge < -0.3 is 10.3 Å². The summed E-state index contributed by atoms with van der Waals surface area (Å²) in [6, 6.07) is 5.38. The Morgan fingerprint density at radius 2 is 1.60 bits per heavy atom. The molecule has 3 aromatic rings. The summed E-state index contributed by atoms with van der Waals surface area (Å²) in [6.45, 7) is 5.99. The molecule has 0 fully saturated rings. The molecular weight excluding hydrogens is 408 g/mol. The third-order valence-electron chi connectivity index (χ3n) is 4.59. The molecule has 30 heavy (non-hydrogen) atoms. The number of pyridine rings is 1. The minimum Gasteiger partial charge on any atom is -0.332 e. The van der Waals surface area contributed by atoms with Crippen molar-refractivity contribution in [3.05, 3.63) is 53.7 Å². The van der Waals surface area contributed by atoms with Gasteiger partial charge in [0.25, 0.3) is 0 Å². The lowest BCUT2D eigenvalue weighted by Crippen LogP contribution is -2.28. The predicted molar refractivity (Wildman–Crippen MR) is 103 cm³/mol. The Hall–Kier alpha value is -2.55. The van der Waals surface area contributed by atoms with Gasteiger partial charge in [-0.05, 0) is 23.6 Å². The number of halogens is 6. The van der Waals surface area contributed by atoms with E-state index in [0.29, 0.717) is 6.54 Å². The van der Waals surface area contributed by atoms with Crippen molar-refractivity contribution in [3.8, 4) is 11.3 Å². The summed E-state index contributed by atoms with van der Waals surface area (Å²) in [4.78, 5) is 4.33. The standard InChI is InChI=1S/C21H21F6N3/c1-19(2,3)11-30-10-14(17(28)21(25,26)27)12-8-9-16(29-18(12)30)13-6-4-5-7-15(13)20(22,23)24/h4-10,17H,11,28H2,1-3H3/t17-/m0/s1. The molecular formula is C21H21F6N3. The topological polar surface area (TPSA) is 43.8 Å². The first-order valence-corrected chi connectivity index (χ1v) is 9.17.